The first-order chi connectivity index (χ1) is 7.79. The Morgan fingerprint density at radius 1 is 1.62 bits per heavy atom. The van der Waals surface area contributed by atoms with Gasteiger partial charge in [-0.2, -0.15) is 0 Å². The van der Waals surface area contributed by atoms with E-state index in [1.807, 2.05) is 24.0 Å². The standard InChI is InChI=1S/C12H17N3S/c1-3-11-8-16-12(15-11)14-9(2)10-5-4-6-13-7-10/h4-7,9,11H,3,8H2,1-2H3,(H,14,15). The van der Waals surface area contributed by atoms with Gasteiger partial charge in [-0.3, -0.25) is 9.98 Å². The van der Waals surface area contributed by atoms with Gasteiger partial charge in [0.15, 0.2) is 5.17 Å². The maximum absolute atomic E-state index is 4.62. The zero-order valence-electron chi connectivity index (χ0n) is 9.68. The quantitative estimate of drug-likeness (QED) is 0.875. The molecule has 1 N–H and O–H groups in total. The summed E-state index contributed by atoms with van der Waals surface area (Å²) in [6, 6.07) is 4.82. The van der Waals surface area contributed by atoms with Crippen LogP contribution in [0.3, 0.4) is 0 Å². The van der Waals surface area contributed by atoms with Crippen LogP contribution < -0.4 is 5.32 Å². The van der Waals surface area contributed by atoms with Crippen molar-refractivity contribution in [1.29, 1.82) is 0 Å². The van der Waals surface area contributed by atoms with Gasteiger partial charge in [-0.25, -0.2) is 0 Å². The summed E-state index contributed by atoms with van der Waals surface area (Å²) < 4.78 is 0. The lowest BCUT2D eigenvalue weighted by Gasteiger charge is -2.13. The fourth-order valence-corrected chi connectivity index (χ4v) is 2.75. The third-order valence-electron chi connectivity index (χ3n) is 2.71. The van der Waals surface area contributed by atoms with Crippen molar-refractivity contribution < 1.29 is 0 Å². The summed E-state index contributed by atoms with van der Waals surface area (Å²) in [5, 5.41) is 4.50. The highest BCUT2D eigenvalue weighted by molar-refractivity contribution is 8.14. The molecule has 4 heteroatoms. The van der Waals surface area contributed by atoms with Crippen molar-refractivity contribution in [2.75, 3.05) is 5.75 Å². The topological polar surface area (TPSA) is 37.3 Å². The minimum absolute atomic E-state index is 0.274. The van der Waals surface area contributed by atoms with E-state index in [0.29, 0.717) is 6.04 Å². The maximum atomic E-state index is 4.62. The second-order valence-corrected chi connectivity index (χ2v) is 4.97. The molecule has 2 unspecified atom stereocenters. The molecule has 1 aromatic heterocycles. The lowest BCUT2D eigenvalue weighted by molar-refractivity contribution is 0.699. The predicted molar refractivity (Wildman–Crippen MR) is 69.8 cm³/mol. The SMILES string of the molecule is CCC1CSC(NC(C)c2cccnc2)=N1. The molecular formula is C12H17N3S. The molecule has 0 radical (unpaired) electrons. The molecule has 2 rings (SSSR count). The van der Waals surface area contributed by atoms with E-state index in [-0.39, 0.29) is 6.04 Å². The smallest absolute Gasteiger partial charge is 0.157 e. The number of nitrogens with zero attached hydrogens (tertiary/aromatic N) is 2. The van der Waals surface area contributed by atoms with Crippen molar-refractivity contribution in [3.63, 3.8) is 0 Å². The van der Waals surface area contributed by atoms with E-state index in [0.717, 1.165) is 17.3 Å². The largest absolute Gasteiger partial charge is 0.358 e. The van der Waals surface area contributed by atoms with Gasteiger partial charge in [0.05, 0.1) is 12.1 Å². The van der Waals surface area contributed by atoms with Crippen LogP contribution >= 0.6 is 11.8 Å². The molecule has 0 aromatic carbocycles. The lowest BCUT2D eigenvalue weighted by Crippen LogP contribution is -2.23. The summed E-state index contributed by atoms with van der Waals surface area (Å²) >= 11 is 1.82. The van der Waals surface area contributed by atoms with Crippen molar-refractivity contribution in [3.05, 3.63) is 30.1 Å². The summed E-state index contributed by atoms with van der Waals surface area (Å²) in [6.07, 6.45) is 4.82. The summed E-state index contributed by atoms with van der Waals surface area (Å²) in [5.74, 6) is 1.11. The first kappa shape index (κ1) is 11.5. The fraction of sp³-hybridized carbons (Fsp3) is 0.500. The van der Waals surface area contributed by atoms with Gasteiger partial charge in [0.2, 0.25) is 0 Å². The minimum Gasteiger partial charge on any atom is -0.358 e. The molecule has 1 aliphatic rings. The lowest BCUT2D eigenvalue weighted by atomic mass is 10.1. The van der Waals surface area contributed by atoms with Crippen LogP contribution in [-0.4, -0.2) is 21.9 Å². The van der Waals surface area contributed by atoms with Crippen LogP contribution in [0.1, 0.15) is 31.9 Å². The molecule has 0 aliphatic carbocycles. The molecule has 1 aromatic rings. The molecule has 3 nitrogen and oxygen atoms in total. The van der Waals surface area contributed by atoms with Gasteiger partial charge in [-0.1, -0.05) is 24.8 Å². The summed E-state index contributed by atoms with van der Waals surface area (Å²) in [4.78, 5) is 8.74. The van der Waals surface area contributed by atoms with Crippen LogP contribution in [0.25, 0.3) is 0 Å². The van der Waals surface area contributed by atoms with E-state index in [1.54, 1.807) is 6.20 Å². The van der Waals surface area contributed by atoms with Gasteiger partial charge in [-0.05, 0) is 25.0 Å². The molecule has 0 spiro atoms. The molecule has 86 valence electrons. The maximum Gasteiger partial charge on any atom is 0.157 e. The third kappa shape index (κ3) is 2.76. The summed E-state index contributed by atoms with van der Waals surface area (Å²) in [6.45, 7) is 4.32. The molecule has 0 saturated heterocycles. The summed E-state index contributed by atoms with van der Waals surface area (Å²) in [7, 11) is 0. The molecule has 16 heavy (non-hydrogen) atoms. The number of rotatable bonds is 3. The Morgan fingerprint density at radius 3 is 3.12 bits per heavy atom. The average Bonchev–Trinajstić information content (AvgIpc) is 2.78. The van der Waals surface area contributed by atoms with Crippen LogP contribution in [0.5, 0.6) is 0 Å². The monoisotopic (exact) mass is 235 g/mol. The second kappa shape index (κ2) is 5.34. The Morgan fingerprint density at radius 2 is 2.50 bits per heavy atom. The van der Waals surface area contributed by atoms with Gasteiger partial charge in [0.25, 0.3) is 0 Å². The molecule has 1 aliphatic heterocycles. The summed E-state index contributed by atoms with van der Waals surface area (Å²) in [5.41, 5.74) is 1.20. The van der Waals surface area contributed by atoms with Gasteiger partial charge in [0.1, 0.15) is 0 Å². The average molecular weight is 235 g/mol. The zero-order chi connectivity index (χ0) is 11.4. The molecule has 0 fully saturated rings. The Balaban J connectivity index is 1.96. The third-order valence-corrected chi connectivity index (χ3v) is 3.76. The Labute approximate surface area is 101 Å². The number of hydrogen-bond acceptors (Lipinski definition) is 4. The first-order valence-electron chi connectivity index (χ1n) is 5.66. The van der Waals surface area contributed by atoms with Gasteiger partial charge in [-0.15, -0.1) is 0 Å². The van der Waals surface area contributed by atoms with E-state index in [4.69, 9.17) is 0 Å². The highest BCUT2D eigenvalue weighted by atomic mass is 32.2. The van der Waals surface area contributed by atoms with Crippen LogP contribution in [0, 0.1) is 0 Å². The van der Waals surface area contributed by atoms with E-state index >= 15 is 0 Å². The van der Waals surface area contributed by atoms with Gasteiger partial charge >= 0.3 is 0 Å². The highest BCUT2D eigenvalue weighted by Gasteiger charge is 2.18. The second-order valence-electron chi connectivity index (χ2n) is 3.96. The van der Waals surface area contributed by atoms with Crippen LogP contribution in [0.4, 0.5) is 0 Å². The zero-order valence-corrected chi connectivity index (χ0v) is 10.5. The van der Waals surface area contributed by atoms with Gasteiger partial charge in [0, 0.05) is 18.1 Å². The number of thioether (sulfide) groups is 1. The Hall–Kier alpha value is -1.03. The van der Waals surface area contributed by atoms with Crippen LogP contribution in [-0.2, 0) is 0 Å². The van der Waals surface area contributed by atoms with Crippen molar-refractivity contribution >= 4 is 16.9 Å². The van der Waals surface area contributed by atoms with E-state index in [9.17, 15) is 0 Å². The Bertz CT molecular complexity index is 364. The number of amidine groups is 1. The van der Waals surface area contributed by atoms with Crippen molar-refractivity contribution in [3.8, 4) is 0 Å². The molecule has 0 saturated carbocycles. The van der Waals surface area contributed by atoms with Gasteiger partial charge < -0.3 is 5.32 Å². The number of aromatic nitrogens is 1. The number of nitrogens with one attached hydrogen (secondary N) is 1. The molecule has 2 heterocycles. The first-order valence-corrected chi connectivity index (χ1v) is 6.65. The normalized spacial score (nSPS) is 21.6. The number of hydrogen-bond donors (Lipinski definition) is 1. The van der Waals surface area contributed by atoms with E-state index < -0.39 is 0 Å². The molecule has 0 bridgehead atoms. The fourth-order valence-electron chi connectivity index (χ4n) is 1.60. The van der Waals surface area contributed by atoms with E-state index in [1.165, 1.54) is 5.56 Å². The predicted octanol–water partition coefficient (Wildman–Crippen LogP) is 2.61. The number of pyridine rings is 1. The highest BCUT2D eigenvalue weighted by Crippen LogP contribution is 2.21. The van der Waals surface area contributed by atoms with Crippen molar-refractivity contribution in [2.45, 2.75) is 32.4 Å². The van der Waals surface area contributed by atoms with Crippen molar-refractivity contribution in [2.24, 2.45) is 4.99 Å². The number of aliphatic imine (C=N–C) groups is 1. The molecule has 2 atom stereocenters. The van der Waals surface area contributed by atoms with Crippen LogP contribution in [0.2, 0.25) is 0 Å². The Kier molecular flexibility index (Phi) is 3.83. The van der Waals surface area contributed by atoms with Crippen LogP contribution in [0.15, 0.2) is 29.5 Å². The molecular weight excluding hydrogens is 218 g/mol. The molecule has 0 amide bonds. The van der Waals surface area contributed by atoms with Crippen molar-refractivity contribution in [1.82, 2.24) is 10.3 Å². The minimum atomic E-state index is 0.274. The van der Waals surface area contributed by atoms with E-state index in [2.05, 4.69) is 35.2 Å².